The lowest BCUT2D eigenvalue weighted by atomic mass is 9.95. The number of aromatic nitrogens is 1. The van der Waals surface area contributed by atoms with E-state index in [0.717, 1.165) is 18.4 Å². The summed E-state index contributed by atoms with van der Waals surface area (Å²) in [5.74, 6) is -0.502. The van der Waals surface area contributed by atoms with Crippen molar-refractivity contribution in [1.82, 2.24) is 4.40 Å². The zero-order valence-electron chi connectivity index (χ0n) is 12.4. The molecule has 1 aliphatic carbocycles. The third-order valence-corrected chi connectivity index (χ3v) is 4.41. The monoisotopic (exact) mass is 321 g/mol. The van der Waals surface area contributed by atoms with Crippen LogP contribution in [0.15, 0.2) is 17.1 Å². The Labute approximate surface area is 132 Å². The fourth-order valence-electron chi connectivity index (χ4n) is 3.05. The third-order valence-electron chi connectivity index (χ3n) is 4.11. The molecular formula is C16H16ClNO4. The van der Waals surface area contributed by atoms with Crippen molar-refractivity contribution in [2.75, 3.05) is 7.11 Å². The molecule has 0 bridgehead atoms. The maximum absolute atomic E-state index is 12.6. The SMILES string of the molecule is CCc1c(C(=O)O)c(=O)n2ccc(Cl)c(OC)c2c1C1CC1. The van der Waals surface area contributed by atoms with Gasteiger partial charge in [-0.05, 0) is 42.4 Å². The molecule has 6 heteroatoms. The minimum atomic E-state index is -1.19. The first-order valence-electron chi connectivity index (χ1n) is 7.18. The molecule has 1 fully saturated rings. The Morgan fingerprint density at radius 2 is 2.18 bits per heavy atom. The zero-order valence-corrected chi connectivity index (χ0v) is 13.1. The number of pyridine rings is 2. The zero-order chi connectivity index (χ0) is 16.0. The fraction of sp³-hybridized carbons (Fsp3) is 0.375. The Morgan fingerprint density at radius 3 is 2.68 bits per heavy atom. The molecule has 22 heavy (non-hydrogen) atoms. The van der Waals surface area contributed by atoms with E-state index in [1.807, 2.05) is 6.92 Å². The van der Waals surface area contributed by atoms with Crippen LogP contribution in [0.4, 0.5) is 0 Å². The average molecular weight is 322 g/mol. The molecule has 0 atom stereocenters. The number of carboxylic acids is 1. The summed E-state index contributed by atoms with van der Waals surface area (Å²) in [6, 6.07) is 1.54. The fourth-order valence-corrected chi connectivity index (χ4v) is 3.28. The van der Waals surface area contributed by atoms with Crippen molar-refractivity contribution in [3.63, 3.8) is 0 Å². The van der Waals surface area contributed by atoms with Crippen LogP contribution in [-0.4, -0.2) is 22.6 Å². The van der Waals surface area contributed by atoms with Crippen molar-refractivity contribution >= 4 is 23.1 Å². The summed E-state index contributed by atoms with van der Waals surface area (Å²) in [5, 5.41) is 9.89. The predicted octanol–water partition coefficient (Wildman–Crippen LogP) is 3.10. The number of halogens is 1. The number of carbonyl (C=O) groups is 1. The van der Waals surface area contributed by atoms with Crippen molar-refractivity contribution in [3.8, 4) is 5.75 Å². The topological polar surface area (TPSA) is 68.0 Å². The maximum Gasteiger partial charge on any atom is 0.341 e. The van der Waals surface area contributed by atoms with Gasteiger partial charge < -0.3 is 9.84 Å². The summed E-state index contributed by atoms with van der Waals surface area (Å²) in [5.41, 5.74) is 1.40. The molecule has 0 radical (unpaired) electrons. The lowest BCUT2D eigenvalue weighted by molar-refractivity contribution is 0.0693. The van der Waals surface area contributed by atoms with Crippen molar-refractivity contribution < 1.29 is 14.6 Å². The number of carboxylic acid groups (broad SMARTS) is 1. The summed E-state index contributed by atoms with van der Waals surface area (Å²) in [7, 11) is 1.50. The molecule has 116 valence electrons. The second-order valence-corrected chi connectivity index (χ2v) is 5.83. The highest BCUT2D eigenvalue weighted by molar-refractivity contribution is 6.32. The molecule has 0 amide bonds. The van der Waals surface area contributed by atoms with E-state index in [1.54, 1.807) is 6.07 Å². The second kappa shape index (κ2) is 5.32. The average Bonchev–Trinajstić information content (AvgIpc) is 3.30. The lowest BCUT2D eigenvalue weighted by Gasteiger charge is -2.18. The normalized spacial score (nSPS) is 14.3. The van der Waals surface area contributed by atoms with Crippen molar-refractivity contribution in [2.24, 2.45) is 0 Å². The summed E-state index contributed by atoms with van der Waals surface area (Å²) in [4.78, 5) is 24.2. The van der Waals surface area contributed by atoms with E-state index in [9.17, 15) is 14.7 Å². The van der Waals surface area contributed by atoms with Crippen LogP contribution in [0.3, 0.4) is 0 Å². The molecule has 0 saturated heterocycles. The minimum Gasteiger partial charge on any atom is -0.493 e. The van der Waals surface area contributed by atoms with Gasteiger partial charge in [-0.1, -0.05) is 18.5 Å². The number of rotatable bonds is 4. The van der Waals surface area contributed by atoms with Crippen molar-refractivity contribution in [1.29, 1.82) is 0 Å². The van der Waals surface area contributed by atoms with Crippen LogP contribution < -0.4 is 10.3 Å². The number of fused-ring (bicyclic) bond motifs is 1. The highest BCUT2D eigenvalue weighted by Crippen LogP contribution is 2.47. The molecule has 2 aromatic heterocycles. The highest BCUT2D eigenvalue weighted by atomic mass is 35.5. The number of ether oxygens (including phenoxy) is 1. The summed E-state index contributed by atoms with van der Waals surface area (Å²) in [6.07, 6.45) is 3.96. The Balaban J connectivity index is 2.58. The largest absolute Gasteiger partial charge is 0.493 e. The summed E-state index contributed by atoms with van der Waals surface area (Å²) >= 11 is 6.19. The van der Waals surface area contributed by atoms with Gasteiger partial charge in [0.05, 0.1) is 17.6 Å². The number of aromatic carboxylic acids is 1. The Hall–Kier alpha value is -2.01. The van der Waals surface area contributed by atoms with Crippen LogP contribution in [0.5, 0.6) is 5.75 Å². The lowest BCUT2D eigenvalue weighted by Crippen LogP contribution is -2.26. The summed E-state index contributed by atoms with van der Waals surface area (Å²) < 4.78 is 6.74. The van der Waals surface area contributed by atoms with Gasteiger partial charge >= 0.3 is 5.97 Å². The van der Waals surface area contributed by atoms with Crippen LogP contribution in [0.1, 0.15) is 47.2 Å². The number of hydrogen-bond acceptors (Lipinski definition) is 3. The first-order valence-corrected chi connectivity index (χ1v) is 7.55. The van der Waals surface area contributed by atoms with E-state index in [0.29, 0.717) is 28.3 Å². The molecule has 0 unspecified atom stereocenters. The first-order chi connectivity index (χ1) is 10.5. The van der Waals surface area contributed by atoms with E-state index in [4.69, 9.17) is 16.3 Å². The van der Waals surface area contributed by atoms with Crippen LogP contribution in [0.25, 0.3) is 5.52 Å². The molecule has 0 aliphatic heterocycles. The molecule has 1 saturated carbocycles. The molecule has 0 spiro atoms. The number of nitrogens with zero attached hydrogens (tertiary/aromatic N) is 1. The maximum atomic E-state index is 12.6. The van der Waals surface area contributed by atoms with E-state index >= 15 is 0 Å². The predicted molar refractivity (Wildman–Crippen MR) is 83.5 cm³/mol. The number of hydrogen-bond donors (Lipinski definition) is 1. The minimum absolute atomic E-state index is 0.147. The van der Waals surface area contributed by atoms with Gasteiger partial charge in [-0.2, -0.15) is 0 Å². The Morgan fingerprint density at radius 1 is 1.50 bits per heavy atom. The quantitative estimate of drug-likeness (QED) is 0.939. The molecule has 3 rings (SSSR count). The molecule has 2 aromatic rings. The van der Waals surface area contributed by atoms with Gasteiger partial charge in [0.15, 0.2) is 5.75 Å². The van der Waals surface area contributed by atoms with Crippen LogP contribution >= 0.6 is 11.6 Å². The van der Waals surface area contributed by atoms with Gasteiger partial charge in [0.2, 0.25) is 0 Å². The smallest absolute Gasteiger partial charge is 0.341 e. The Kier molecular flexibility index (Phi) is 3.60. The molecule has 1 aliphatic rings. The summed E-state index contributed by atoms with van der Waals surface area (Å²) in [6.45, 7) is 1.86. The highest BCUT2D eigenvalue weighted by Gasteiger charge is 2.33. The molecule has 1 N–H and O–H groups in total. The van der Waals surface area contributed by atoms with E-state index < -0.39 is 11.5 Å². The molecule has 0 aromatic carbocycles. The molecule has 5 nitrogen and oxygen atoms in total. The van der Waals surface area contributed by atoms with E-state index in [-0.39, 0.29) is 11.5 Å². The van der Waals surface area contributed by atoms with Gasteiger partial charge in [0.1, 0.15) is 5.56 Å². The van der Waals surface area contributed by atoms with E-state index in [2.05, 4.69) is 0 Å². The van der Waals surface area contributed by atoms with Gasteiger partial charge in [0.25, 0.3) is 5.56 Å². The standard InChI is InChI=1S/C16H16ClNO4/c1-3-9-11(8-4-5-8)13-14(22-2)10(17)6-7-18(13)15(19)12(9)16(20)21/h6-8H,3-5H2,1-2H3,(H,20,21). The third kappa shape index (κ3) is 2.08. The molecular weight excluding hydrogens is 306 g/mol. The van der Waals surface area contributed by atoms with Crippen LogP contribution in [-0.2, 0) is 6.42 Å². The second-order valence-electron chi connectivity index (χ2n) is 5.42. The van der Waals surface area contributed by atoms with Crippen molar-refractivity contribution in [2.45, 2.75) is 32.1 Å². The van der Waals surface area contributed by atoms with Gasteiger partial charge in [-0.15, -0.1) is 0 Å². The van der Waals surface area contributed by atoms with Crippen molar-refractivity contribution in [3.05, 3.63) is 44.3 Å². The van der Waals surface area contributed by atoms with E-state index in [1.165, 1.54) is 17.7 Å². The van der Waals surface area contributed by atoms with Gasteiger partial charge in [-0.3, -0.25) is 9.20 Å². The van der Waals surface area contributed by atoms with Gasteiger partial charge in [0, 0.05) is 6.20 Å². The van der Waals surface area contributed by atoms with Crippen LogP contribution in [0.2, 0.25) is 5.02 Å². The Bertz CT molecular complexity index is 836. The van der Waals surface area contributed by atoms with Gasteiger partial charge in [-0.25, -0.2) is 4.79 Å². The van der Waals surface area contributed by atoms with Crippen LogP contribution in [0, 0.1) is 0 Å². The first kappa shape index (κ1) is 14.9. The number of methoxy groups -OCH3 is 1. The molecule has 2 heterocycles.